The van der Waals surface area contributed by atoms with Gasteiger partial charge in [0.2, 0.25) is 0 Å². The Balaban J connectivity index is 2.44. The standard InChI is InChI=1S/C11H21NS/c1-9(2)11-5-4-6-12(11)7-10(3)8-13/h9,11,13H,3-8H2,1-2H3. The average Bonchev–Trinajstić information content (AvgIpc) is 2.52. The first-order valence-electron chi connectivity index (χ1n) is 5.16. The molecule has 0 radical (unpaired) electrons. The zero-order valence-corrected chi connectivity index (χ0v) is 9.69. The van der Waals surface area contributed by atoms with E-state index in [2.05, 4.69) is 38.0 Å². The van der Waals surface area contributed by atoms with E-state index in [1.165, 1.54) is 25.0 Å². The summed E-state index contributed by atoms with van der Waals surface area (Å²) in [6.45, 7) is 10.9. The Morgan fingerprint density at radius 2 is 2.31 bits per heavy atom. The molecule has 1 aliphatic heterocycles. The minimum Gasteiger partial charge on any atom is -0.296 e. The van der Waals surface area contributed by atoms with Crippen molar-refractivity contribution in [2.24, 2.45) is 5.92 Å². The number of hydrogen-bond acceptors (Lipinski definition) is 2. The fourth-order valence-corrected chi connectivity index (χ4v) is 2.24. The van der Waals surface area contributed by atoms with Crippen LogP contribution in [-0.4, -0.2) is 29.8 Å². The average molecular weight is 199 g/mol. The molecule has 1 nitrogen and oxygen atoms in total. The van der Waals surface area contributed by atoms with Crippen molar-refractivity contribution in [3.05, 3.63) is 12.2 Å². The molecule has 1 saturated heterocycles. The number of likely N-dealkylation sites (tertiary alicyclic amines) is 1. The topological polar surface area (TPSA) is 3.24 Å². The largest absolute Gasteiger partial charge is 0.296 e. The molecule has 0 aliphatic carbocycles. The van der Waals surface area contributed by atoms with Gasteiger partial charge < -0.3 is 0 Å². The molecular weight excluding hydrogens is 178 g/mol. The molecule has 1 fully saturated rings. The van der Waals surface area contributed by atoms with Crippen LogP contribution in [0, 0.1) is 5.92 Å². The normalized spacial score (nSPS) is 24.2. The van der Waals surface area contributed by atoms with Gasteiger partial charge in [0, 0.05) is 18.3 Å². The number of rotatable bonds is 4. The minimum atomic E-state index is 0.773. The van der Waals surface area contributed by atoms with Crippen molar-refractivity contribution in [3.63, 3.8) is 0 Å². The molecular formula is C11H21NS. The molecule has 0 spiro atoms. The van der Waals surface area contributed by atoms with E-state index in [4.69, 9.17) is 0 Å². The smallest absolute Gasteiger partial charge is 0.0201 e. The van der Waals surface area contributed by atoms with Gasteiger partial charge in [-0.1, -0.05) is 26.0 Å². The Morgan fingerprint density at radius 1 is 1.62 bits per heavy atom. The summed E-state index contributed by atoms with van der Waals surface area (Å²) >= 11 is 4.24. The van der Waals surface area contributed by atoms with Crippen molar-refractivity contribution in [2.45, 2.75) is 32.7 Å². The van der Waals surface area contributed by atoms with Crippen LogP contribution < -0.4 is 0 Å². The van der Waals surface area contributed by atoms with Crippen molar-refractivity contribution in [2.75, 3.05) is 18.8 Å². The Morgan fingerprint density at radius 3 is 2.85 bits per heavy atom. The Labute approximate surface area is 87.6 Å². The summed E-state index contributed by atoms with van der Waals surface area (Å²) in [6, 6.07) is 0.775. The lowest BCUT2D eigenvalue weighted by Crippen LogP contribution is -2.34. The van der Waals surface area contributed by atoms with E-state index in [0.717, 1.165) is 24.3 Å². The van der Waals surface area contributed by atoms with Crippen molar-refractivity contribution in [3.8, 4) is 0 Å². The summed E-state index contributed by atoms with van der Waals surface area (Å²) < 4.78 is 0. The lowest BCUT2D eigenvalue weighted by Gasteiger charge is -2.27. The van der Waals surface area contributed by atoms with Gasteiger partial charge in [0.15, 0.2) is 0 Å². The first-order chi connectivity index (χ1) is 6.15. The first-order valence-corrected chi connectivity index (χ1v) is 5.80. The Hall–Kier alpha value is 0.0500. The second-order valence-electron chi connectivity index (χ2n) is 4.33. The molecule has 0 N–H and O–H groups in total. The lowest BCUT2D eigenvalue weighted by atomic mass is 10.0. The number of nitrogens with zero attached hydrogens (tertiary/aromatic N) is 1. The van der Waals surface area contributed by atoms with Crippen LogP contribution in [0.15, 0.2) is 12.2 Å². The zero-order chi connectivity index (χ0) is 9.84. The van der Waals surface area contributed by atoms with Crippen molar-refractivity contribution in [1.29, 1.82) is 0 Å². The molecule has 0 saturated carbocycles. The van der Waals surface area contributed by atoms with E-state index in [1.807, 2.05) is 0 Å². The third-order valence-electron chi connectivity index (χ3n) is 2.83. The van der Waals surface area contributed by atoms with Crippen LogP contribution in [-0.2, 0) is 0 Å². The highest BCUT2D eigenvalue weighted by Gasteiger charge is 2.26. The molecule has 0 amide bonds. The minimum absolute atomic E-state index is 0.773. The van der Waals surface area contributed by atoms with Crippen molar-refractivity contribution in [1.82, 2.24) is 4.90 Å². The molecule has 0 aromatic rings. The van der Waals surface area contributed by atoms with Gasteiger partial charge >= 0.3 is 0 Å². The first kappa shape index (κ1) is 11.1. The fraction of sp³-hybridized carbons (Fsp3) is 0.818. The van der Waals surface area contributed by atoms with Crippen LogP contribution in [0.1, 0.15) is 26.7 Å². The van der Waals surface area contributed by atoms with Crippen molar-refractivity contribution >= 4 is 12.6 Å². The monoisotopic (exact) mass is 199 g/mol. The lowest BCUT2D eigenvalue weighted by molar-refractivity contribution is 0.223. The molecule has 76 valence electrons. The zero-order valence-electron chi connectivity index (χ0n) is 8.79. The van der Waals surface area contributed by atoms with E-state index in [-0.39, 0.29) is 0 Å². The van der Waals surface area contributed by atoms with E-state index in [1.54, 1.807) is 0 Å². The summed E-state index contributed by atoms with van der Waals surface area (Å²) in [5.74, 6) is 1.59. The highest BCUT2D eigenvalue weighted by atomic mass is 32.1. The summed E-state index contributed by atoms with van der Waals surface area (Å²) in [6.07, 6.45) is 2.71. The predicted octanol–water partition coefficient (Wildman–Crippen LogP) is 2.59. The van der Waals surface area contributed by atoms with Gasteiger partial charge in [-0.05, 0) is 25.3 Å². The summed E-state index contributed by atoms with van der Waals surface area (Å²) in [7, 11) is 0. The van der Waals surface area contributed by atoms with Crippen LogP contribution in [0.5, 0.6) is 0 Å². The number of thiol groups is 1. The third kappa shape index (κ3) is 3.03. The fourth-order valence-electron chi connectivity index (χ4n) is 2.14. The second kappa shape index (κ2) is 5.06. The molecule has 1 heterocycles. The molecule has 0 aromatic heterocycles. The quantitative estimate of drug-likeness (QED) is 0.538. The van der Waals surface area contributed by atoms with Crippen LogP contribution >= 0.6 is 12.6 Å². The van der Waals surface area contributed by atoms with Gasteiger partial charge in [-0.15, -0.1) is 0 Å². The maximum absolute atomic E-state index is 4.24. The van der Waals surface area contributed by atoms with E-state index < -0.39 is 0 Å². The summed E-state index contributed by atoms with van der Waals surface area (Å²) in [5.41, 5.74) is 1.25. The van der Waals surface area contributed by atoms with Gasteiger partial charge in [-0.3, -0.25) is 4.90 Å². The predicted molar refractivity (Wildman–Crippen MR) is 62.4 cm³/mol. The van der Waals surface area contributed by atoms with E-state index in [9.17, 15) is 0 Å². The summed E-state index contributed by atoms with van der Waals surface area (Å²) in [4.78, 5) is 2.56. The second-order valence-corrected chi connectivity index (χ2v) is 4.65. The molecule has 1 atom stereocenters. The van der Waals surface area contributed by atoms with Gasteiger partial charge in [-0.2, -0.15) is 12.6 Å². The van der Waals surface area contributed by atoms with Gasteiger partial charge in [0.05, 0.1) is 0 Å². The van der Waals surface area contributed by atoms with Crippen LogP contribution in [0.25, 0.3) is 0 Å². The van der Waals surface area contributed by atoms with Crippen LogP contribution in [0.4, 0.5) is 0 Å². The molecule has 1 aliphatic rings. The summed E-state index contributed by atoms with van der Waals surface area (Å²) in [5, 5.41) is 0. The molecule has 1 rings (SSSR count). The van der Waals surface area contributed by atoms with Gasteiger partial charge in [0.1, 0.15) is 0 Å². The molecule has 0 bridgehead atoms. The maximum Gasteiger partial charge on any atom is 0.0201 e. The maximum atomic E-state index is 4.24. The molecule has 2 heteroatoms. The molecule has 0 aromatic carbocycles. The van der Waals surface area contributed by atoms with Crippen LogP contribution in [0.3, 0.4) is 0 Å². The van der Waals surface area contributed by atoms with Crippen LogP contribution in [0.2, 0.25) is 0 Å². The number of hydrogen-bond donors (Lipinski definition) is 1. The SMILES string of the molecule is C=C(CS)CN1CCCC1C(C)C. The highest BCUT2D eigenvalue weighted by molar-refractivity contribution is 7.80. The highest BCUT2D eigenvalue weighted by Crippen LogP contribution is 2.24. The van der Waals surface area contributed by atoms with E-state index >= 15 is 0 Å². The molecule has 1 unspecified atom stereocenters. The Bertz CT molecular complexity index is 177. The van der Waals surface area contributed by atoms with Crippen molar-refractivity contribution < 1.29 is 0 Å². The van der Waals surface area contributed by atoms with E-state index in [0.29, 0.717) is 0 Å². The Kier molecular flexibility index (Phi) is 4.33. The molecule has 13 heavy (non-hydrogen) atoms. The van der Waals surface area contributed by atoms with Gasteiger partial charge in [-0.25, -0.2) is 0 Å². The van der Waals surface area contributed by atoms with Gasteiger partial charge in [0.25, 0.3) is 0 Å². The third-order valence-corrected chi connectivity index (χ3v) is 3.28.